The molecule has 0 spiro atoms. The molecule has 1 aromatic heterocycles. The molecule has 164 valence electrons. The zero-order valence-corrected chi connectivity index (χ0v) is 16.4. The largest absolute Gasteiger partial charge is 0.515 e. The van der Waals surface area contributed by atoms with Gasteiger partial charge < -0.3 is 10.2 Å². The molecule has 11 heteroatoms. The normalized spacial score (nSPS) is 12.4. The van der Waals surface area contributed by atoms with Crippen LogP contribution in [0.4, 0.5) is 4.79 Å². The smallest absolute Gasteiger partial charge is 0.310 e. The van der Waals surface area contributed by atoms with Crippen molar-refractivity contribution < 1.29 is 29.4 Å². The summed E-state index contributed by atoms with van der Waals surface area (Å²) in [4.78, 5) is 53.2. The molecule has 29 heavy (non-hydrogen) atoms. The van der Waals surface area contributed by atoms with Crippen molar-refractivity contribution in [1.82, 2.24) is 9.47 Å². The first-order valence-corrected chi connectivity index (χ1v) is 9.44. The molecule has 1 aromatic rings. The van der Waals surface area contributed by atoms with Gasteiger partial charge in [0.05, 0.1) is 16.9 Å². The van der Waals surface area contributed by atoms with Crippen molar-refractivity contribution in [2.24, 2.45) is 0 Å². The Bertz CT molecular complexity index is 751. The molecular formula is C18H28N2O7S2. The van der Waals surface area contributed by atoms with Crippen LogP contribution in [-0.4, -0.2) is 55.7 Å². The number of hydrogen-bond acceptors (Lipinski definition) is 9. The van der Waals surface area contributed by atoms with E-state index in [-0.39, 0.29) is 36.8 Å². The second-order valence-corrected chi connectivity index (χ2v) is 6.39. The van der Waals surface area contributed by atoms with Gasteiger partial charge in [-0.2, -0.15) is 0 Å². The molecule has 1 aliphatic rings. The summed E-state index contributed by atoms with van der Waals surface area (Å²) in [5.41, 5.74) is 0. The number of imide groups is 1. The van der Waals surface area contributed by atoms with E-state index in [2.05, 4.69) is 0 Å². The van der Waals surface area contributed by atoms with Crippen LogP contribution in [0.3, 0.4) is 0 Å². The van der Waals surface area contributed by atoms with Crippen LogP contribution in [0.5, 0.6) is 5.88 Å². The number of allylic oxidation sites excluding steroid dienone is 2. The van der Waals surface area contributed by atoms with E-state index in [9.17, 15) is 24.3 Å². The van der Waals surface area contributed by atoms with Crippen LogP contribution in [0, 0.1) is 0 Å². The van der Waals surface area contributed by atoms with E-state index in [4.69, 9.17) is 9.90 Å². The zero-order valence-electron chi connectivity index (χ0n) is 14.7. The number of aldehydes is 2. The van der Waals surface area contributed by atoms with Crippen LogP contribution >= 0.6 is 23.1 Å². The lowest BCUT2D eigenvalue weighted by Gasteiger charge is -2.06. The molecule has 2 amide bonds. The lowest BCUT2D eigenvalue weighted by Crippen LogP contribution is -2.27. The summed E-state index contributed by atoms with van der Waals surface area (Å²) < 4.78 is 1.25. The maximum Gasteiger partial charge on any atom is 0.310 e. The minimum Gasteiger partial charge on any atom is -0.515 e. The quantitative estimate of drug-likeness (QED) is 0.399. The van der Waals surface area contributed by atoms with Gasteiger partial charge in [0.2, 0.25) is 11.8 Å². The van der Waals surface area contributed by atoms with Crippen LogP contribution in [-0.2, 0) is 20.9 Å². The maximum absolute atomic E-state index is 11.2. The SMILES string of the molecule is C.C.CCN1C(=O)CSC1=O.CCn1c(O)c(C=CC=O)sc1=O.O=C/C=C\O. The van der Waals surface area contributed by atoms with Crippen LogP contribution in [0.25, 0.3) is 6.08 Å². The number of carbonyl (C=O) groups excluding carboxylic acids is 4. The summed E-state index contributed by atoms with van der Waals surface area (Å²) in [6.45, 7) is 4.49. The van der Waals surface area contributed by atoms with Crippen molar-refractivity contribution in [2.45, 2.75) is 35.2 Å². The van der Waals surface area contributed by atoms with Crippen molar-refractivity contribution in [1.29, 1.82) is 0 Å². The molecule has 0 atom stereocenters. The topological polar surface area (TPSA) is 134 Å². The molecular weight excluding hydrogens is 420 g/mol. The van der Waals surface area contributed by atoms with Crippen LogP contribution < -0.4 is 4.87 Å². The van der Waals surface area contributed by atoms with Crippen LogP contribution in [0.15, 0.2) is 23.2 Å². The first-order chi connectivity index (χ1) is 12.9. The van der Waals surface area contributed by atoms with Crippen molar-refractivity contribution in [3.8, 4) is 5.88 Å². The monoisotopic (exact) mass is 448 g/mol. The molecule has 1 aliphatic heterocycles. The summed E-state index contributed by atoms with van der Waals surface area (Å²) in [5.74, 6) is 0.190. The fourth-order valence-electron chi connectivity index (χ4n) is 1.65. The molecule has 2 heterocycles. The Kier molecular flexibility index (Phi) is 18.7. The van der Waals surface area contributed by atoms with Gasteiger partial charge in [0.1, 0.15) is 12.6 Å². The van der Waals surface area contributed by atoms with Gasteiger partial charge >= 0.3 is 4.87 Å². The van der Waals surface area contributed by atoms with Crippen LogP contribution in [0.2, 0.25) is 0 Å². The molecule has 0 aliphatic carbocycles. The summed E-state index contributed by atoms with van der Waals surface area (Å²) in [5, 5.41) is 17.0. The molecule has 1 saturated heterocycles. The Morgan fingerprint density at radius 3 is 1.90 bits per heavy atom. The number of aromatic hydroxyl groups is 1. The number of aromatic nitrogens is 1. The molecule has 0 radical (unpaired) electrons. The number of thiazole rings is 1. The highest BCUT2D eigenvalue weighted by molar-refractivity contribution is 8.14. The second kappa shape index (κ2) is 17.4. The summed E-state index contributed by atoms with van der Waals surface area (Å²) in [6, 6.07) is 0. The molecule has 9 nitrogen and oxygen atoms in total. The van der Waals surface area contributed by atoms with E-state index in [1.54, 1.807) is 13.8 Å². The number of amides is 2. The minimum atomic E-state index is -0.217. The third-order valence-corrected chi connectivity index (χ3v) is 4.65. The average Bonchev–Trinajstić information content (AvgIpc) is 3.12. The van der Waals surface area contributed by atoms with E-state index < -0.39 is 0 Å². The number of aliphatic hydroxyl groups is 1. The zero-order chi connectivity index (χ0) is 20.8. The predicted molar refractivity (Wildman–Crippen MR) is 118 cm³/mol. The third kappa shape index (κ3) is 10.5. The van der Waals surface area contributed by atoms with Gasteiger partial charge in [0, 0.05) is 19.2 Å². The first kappa shape index (κ1) is 31.0. The Morgan fingerprint density at radius 2 is 1.62 bits per heavy atom. The Hall–Kier alpha value is -2.66. The Balaban J connectivity index is -0.000000372. The third-order valence-electron chi connectivity index (χ3n) is 2.86. The predicted octanol–water partition coefficient (Wildman–Crippen LogP) is 3.08. The van der Waals surface area contributed by atoms with E-state index in [1.165, 1.54) is 21.6 Å². The van der Waals surface area contributed by atoms with Crippen molar-refractivity contribution >= 4 is 52.9 Å². The number of thioether (sulfide) groups is 1. The first-order valence-electron chi connectivity index (χ1n) is 7.63. The molecule has 2 N–H and O–H groups in total. The van der Waals surface area contributed by atoms with Crippen LogP contribution in [0.1, 0.15) is 33.6 Å². The highest BCUT2D eigenvalue weighted by atomic mass is 32.2. The van der Waals surface area contributed by atoms with Crippen molar-refractivity contribution in [3.63, 3.8) is 0 Å². The fourth-order valence-corrected chi connectivity index (χ4v) is 3.30. The van der Waals surface area contributed by atoms with Crippen molar-refractivity contribution in [3.05, 3.63) is 33.0 Å². The summed E-state index contributed by atoms with van der Waals surface area (Å²) in [6.07, 6.45) is 5.44. The standard InChI is InChI=1S/C8H9NO3S.C5H7NO2S.C3H4O2.2CH4/c1-2-9-7(11)6(4-3-5-10)13-8(9)12;1-2-6-4(7)3-9-5(6)8;4-2-1-3-5;;/h3-5,11H,2H2,1H3;2-3H2,1H3;1-4H;2*1H4/b;;2-1-;;. The number of nitrogens with zero attached hydrogens (tertiary/aromatic N) is 2. The highest BCUT2D eigenvalue weighted by Gasteiger charge is 2.27. The fraction of sp³-hybridized carbons (Fsp3) is 0.389. The number of carbonyl (C=O) groups is 4. The summed E-state index contributed by atoms with van der Waals surface area (Å²) in [7, 11) is 0. The van der Waals surface area contributed by atoms with Gasteiger partial charge in [-0.1, -0.05) is 38.0 Å². The molecule has 0 bridgehead atoms. The Labute approximate surface area is 178 Å². The van der Waals surface area contributed by atoms with Gasteiger partial charge in [-0.15, -0.1) is 0 Å². The minimum absolute atomic E-state index is 0. The number of rotatable bonds is 5. The maximum atomic E-state index is 11.2. The summed E-state index contributed by atoms with van der Waals surface area (Å²) >= 11 is 1.99. The number of aliphatic hydroxyl groups excluding tert-OH is 1. The molecule has 0 aromatic carbocycles. The average molecular weight is 449 g/mol. The van der Waals surface area contributed by atoms with E-state index in [0.717, 1.165) is 29.2 Å². The van der Waals surface area contributed by atoms with E-state index in [1.807, 2.05) is 0 Å². The van der Waals surface area contributed by atoms with Gasteiger partial charge in [-0.05, 0) is 26.0 Å². The van der Waals surface area contributed by atoms with E-state index >= 15 is 0 Å². The highest BCUT2D eigenvalue weighted by Crippen LogP contribution is 2.20. The van der Waals surface area contributed by atoms with Crippen molar-refractivity contribution in [2.75, 3.05) is 12.3 Å². The van der Waals surface area contributed by atoms with Gasteiger partial charge in [-0.3, -0.25) is 33.4 Å². The van der Waals surface area contributed by atoms with Gasteiger partial charge in [0.25, 0.3) is 5.24 Å². The second-order valence-electron chi connectivity index (χ2n) is 4.47. The molecule has 2 rings (SSSR count). The van der Waals surface area contributed by atoms with Gasteiger partial charge in [0.15, 0.2) is 0 Å². The molecule has 0 unspecified atom stereocenters. The molecule has 1 fully saturated rings. The molecule has 0 saturated carbocycles. The number of hydrogen-bond donors (Lipinski definition) is 2. The lowest BCUT2D eigenvalue weighted by atomic mass is 10.4. The van der Waals surface area contributed by atoms with Gasteiger partial charge in [-0.25, -0.2) is 0 Å². The van der Waals surface area contributed by atoms with E-state index in [0.29, 0.717) is 42.6 Å². The lowest BCUT2D eigenvalue weighted by molar-refractivity contribution is -0.124. The Morgan fingerprint density at radius 1 is 1.03 bits per heavy atom.